The monoisotopic (exact) mass is 320 g/mol. The second-order valence-corrected chi connectivity index (χ2v) is 6.01. The SMILES string of the molecule is CCCC[C@@H](C(=O)N1CCCC1c1cccnc1)[C@H](O)C(=O)O. The van der Waals surface area contributed by atoms with Gasteiger partial charge in [0, 0.05) is 18.9 Å². The van der Waals surface area contributed by atoms with Crippen LogP contribution >= 0.6 is 0 Å². The maximum Gasteiger partial charge on any atom is 0.333 e. The molecule has 1 fully saturated rings. The lowest BCUT2D eigenvalue weighted by Gasteiger charge is -2.30. The van der Waals surface area contributed by atoms with Crippen molar-refractivity contribution in [3.05, 3.63) is 30.1 Å². The van der Waals surface area contributed by atoms with E-state index in [1.807, 2.05) is 19.1 Å². The van der Waals surface area contributed by atoms with E-state index in [4.69, 9.17) is 5.11 Å². The van der Waals surface area contributed by atoms with Crippen molar-refractivity contribution in [1.29, 1.82) is 0 Å². The Hall–Kier alpha value is -1.95. The molecule has 1 amide bonds. The zero-order chi connectivity index (χ0) is 16.8. The smallest absolute Gasteiger partial charge is 0.333 e. The molecule has 0 bridgehead atoms. The summed E-state index contributed by atoms with van der Waals surface area (Å²) in [6.45, 7) is 2.57. The largest absolute Gasteiger partial charge is 0.479 e. The highest BCUT2D eigenvalue weighted by molar-refractivity contribution is 5.86. The molecule has 3 atom stereocenters. The number of hydrogen-bond donors (Lipinski definition) is 2. The van der Waals surface area contributed by atoms with Gasteiger partial charge in [0.2, 0.25) is 5.91 Å². The van der Waals surface area contributed by atoms with E-state index >= 15 is 0 Å². The van der Waals surface area contributed by atoms with Gasteiger partial charge in [-0.2, -0.15) is 0 Å². The quantitative estimate of drug-likeness (QED) is 0.802. The van der Waals surface area contributed by atoms with Crippen LogP contribution in [0, 0.1) is 5.92 Å². The van der Waals surface area contributed by atoms with Crippen LogP contribution in [-0.2, 0) is 9.59 Å². The number of carboxylic acid groups (broad SMARTS) is 1. The van der Waals surface area contributed by atoms with Gasteiger partial charge in [0.05, 0.1) is 12.0 Å². The molecule has 0 aromatic carbocycles. The van der Waals surface area contributed by atoms with Gasteiger partial charge in [-0.15, -0.1) is 0 Å². The first kappa shape index (κ1) is 17.4. The Balaban J connectivity index is 2.18. The first-order chi connectivity index (χ1) is 11.1. The Bertz CT molecular complexity index is 535. The molecular weight excluding hydrogens is 296 g/mol. The van der Waals surface area contributed by atoms with Crippen molar-refractivity contribution in [2.45, 2.75) is 51.2 Å². The van der Waals surface area contributed by atoms with Crippen molar-refractivity contribution in [3.63, 3.8) is 0 Å². The van der Waals surface area contributed by atoms with E-state index in [9.17, 15) is 14.7 Å². The Morgan fingerprint density at radius 3 is 2.87 bits per heavy atom. The van der Waals surface area contributed by atoms with E-state index in [0.29, 0.717) is 19.4 Å². The second-order valence-electron chi connectivity index (χ2n) is 6.01. The number of carboxylic acids is 1. The van der Waals surface area contributed by atoms with E-state index in [1.54, 1.807) is 17.3 Å². The van der Waals surface area contributed by atoms with Crippen molar-refractivity contribution < 1.29 is 19.8 Å². The summed E-state index contributed by atoms with van der Waals surface area (Å²) < 4.78 is 0. The summed E-state index contributed by atoms with van der Waals surface area (Å²) in [6, 6.07) is 3.68. The van der Waals surface area contributed by atoms with Gasteiger partial charge in [-0.05, 0) is 30.9 Å². The number of nitrogens with zero attached hydrogens (tertiary/aromatic N) is 2. The van der Waals surface area contributed by atoms with E-state index in [2.05, 4.69) is 4.98 Å². The Morgan fingerprint density at radius 1 is 1.48 bits per heavy atom. The maximum atomic E-state index is 12.9. The van der Waals surface area contributed by atoms with Crippen LogP contribution in [0.4, 0.5) is 0 Å². The van der Waals surface area contributed by atoms with Gasteiger partial charge in [0.1, 0.15) is 0 Å². The minimum Gasteiger partial charge on any atom is -0.479 e. The number of unbranched alkanes of at least 4 members (excludes halogenated alkanes) is 1. The summed E-state index contributed by atoms with van der Waals surface area (Å²) in [5, 5.41) is 19.0. The summed E-state index contributed by atoms with van der Waals surface area (Å²) in [5.41, 5.74) is 0.956. The van der Waals surface area contributed by atoms with Crippen molar-refractivity contribution in [1.82, 2.24) is 9.88 Å². The molecular formula is C17H24N2O4. The van der Waals surface area contributed by atoms with Gasteiger partial charge in [-0.25, -0.2) is 4.79 Å². The summed E-state index contributed by atoms with van der Waals surface area (Å²) in [6.07, 6.45) is 5.43. The number of aliphatic carboxylic acids is 1. The number of amides is 1. The van der Waals surface area contributed by atoms with Gasteiger partial charge in [0.15, 0.2) is 6.10 Å². The molecule has 126 valence electrons. The highest BCUT2D eigenvalue weighted by Crippen LogP contribution is 2.33. The van der Waals surface area contributed by atoms with E-state index in [-0.39, 0.29) is 11.9 Å². The zero-order valence-corrected chi connectivity index (χ0v) is 13.4. The number of pyridine rings is 1. The first-order valence-electron chi connectivity index (χ1n) is 8.17. The normalized spacial score (nSPS) is 20.3. The lowest BCUT2D eigenvalue weighted by molar-refractivity contribution is -0.157. The molecule has 1 aliphatic heterocycles. The third-order valence-corrected chi connectivity index (χ3v) is 4.43. The summed E-state index contributed by atoms with van der Waals surface area (Å²) in [7, 11) is 0. The number of carbonyl (C=O) groups is 2. The van der Waals surface area contributed by atoms with Crippen LogP contribution in [0.1, 0.15) is 50.6 Å². The predicted molar refractivity (Wildman–Crippen MR) is 84.6 cm³/mol. The summed E-state index contributed by atoms with van der Waals surface area (Å²) >= 11 is 0. The minimum absolute atomic E-state index is 0.0821. The molecule has 6 heteroatoms. The molecule has 1 aliphatic rings. The molecule has 23 heavy (non-hydrogen) atoms. The third-order valence-electron chi connectivity index (χ3n) is 4.43. The minimum atomic E-state index is -1.65. The van der Waals surface area contributed by atoms with Gasteiger partial charge in [-0.3, -0.25) is 9.78 Å². The van der Waals surface area contributed by atoms with Gasteiger partial charge < -0.3 is 15.1 Å². The fourth-order valence-electron chi connectivity index (χ4n) is 3.18. The molecule has 1 saturated heterocycles. The lowest BCUT2D eigenvalue weighted by atomic mass is 9.93. The van der Waals surface area contributed by atoms with E-state index in [1.165, 1.54) is 0 Å². The Kier molecular flexibility index (Phi) is 6.10. The predicted octanol–water partition coefficient (Wildman–Crippen LogP) is 2.00. The van der Waals surface area contributed by atoms with Crippen molar-refractivity contribution in [2.24, 2.45) is 5.92 Å². The van der Waals surface area contributed by atoms with Gasteiger partial charge in [-0.1, -0.05) is 25.8 Å². The first-order valence-corrected chi connectivity index (χ1v) is 8.17. The average molecular weight is 320 g/mol. The molecule has 0 radical (unpaired) electrons. The van der Waals surface area contributed by atoms with Crippen molar-refractivity contribution in [3.8, 4) is 0 Å². The molecule has 2 heterocycles. The maximum absolute atomic E-state index is 12.9. The molecule has 1 aromatic rings. The number of carbonyl (C=O) groups excluding carboxylic acids is 1. The number of likely N-dealkylation sites (tertiary alicyclic amines) is 1. The topological polar surface area (TPSA) is 90.7 Å². The fourth-order valence-corrected chi connectivity index (χ4v) is 3.18. The fraction of sp³-hybridized carbons (Fsp3) is 0.588. The van der Waals surface area contributed by atoms with Crippen LogP contribution in [-0.4, -0.2) is 44.6 Å². The summed E-state index contributed by atoms with van der Waals surface area (Å²) in [4.78, 5) is 29.8. The van der Waals surface area contributed by atoms with E-state index in [0.717, 1.165) is 24.8 Å². The van der Waals surface area contributed by atoms with E-state index < -0.39 is 18.0 Å². The average Bonchev–Trinajstić information content (AvgIpc) is 3.05. The molecule has 0 saturated carbocycles. The van der Waals surface area contributed by atoms with Crippen LogP contribution in [0.25, 0.3) is 0 Å². The molecule has 2 N–H and O–H groups in total. The van der Waals surface area contributed by atoms with Crippen LogP contribution in [0.15, 0.2) is 24.5 Å². The van der Waals surface area contributed by atoms with Crippen LogP contribution in [0.2, 0.25) is 0 Å². The highest BCUT2D eigenvalue weighted by Gasteiger charge is 2.39. The number of aliphatic hydroxyl groups is 1. The lowest BCUT2D eigenvalue weighted by Crippen LogP contribution is -2.43. The molecule has 2 rings (SSSR count). The van der Waals surface area contributed by atoms with Crippen LogP contribution < -0.4 is 0 Å². The Morgan fingerprint density at radius 2 is 2.26 bits per heavy atom. The number of aliphatic hydroxyl groups excluding tert-OH is 1. The number of aromatic nitrogens is 1. The molecule has 0 spiro atoms. The standard InChI is InChI=1S/C17H24N2O4/c1-2-3-7-13(15(20)17(22)23)16(21)19-10-5-8-14(19)12-6-4-9-18-11-12/h4,6,9,11,13-15,20H,2-3,5,7-8,10H2,1H3,(H,22,23)/t13-,14?,15+/m1/s1. The molecule has 1 unspecified atom stereocenters. The number of rotatable bonds is 7. The summed E-state index contributed by atoms with van der Waals surface area (Å²) in [5.74, 6) is -2.49. The third kappa shape index (κ3) is 4.07. The van der Waals surface area contributed by atoms with Crippen LogP contribution in [0.5, 0.6) is 0 Å². The van der Waals surface area contributed by atoms with Crippen molar-refractivity contribution in [2.75, 3.05) is 6.54 Å². The highest BCUT2D eigenvalue weighted by atomic mass is 16.4. The molecule has 0 aliphatic carbocycles. The Labute approximate surface area is 136 Å². The van der Waals surface area contributed by atoms with Gasteiger partial charge >= 0.3 is 5.97 Å². The van der Waals surface area contributed by atoms with Crippen LogP contribution in [0.3, 0.4) is 0 Å². The zero-order valence-electron chi connectivity index (χ0n) is 13.4. The number of hydrogen-bond acceptors (Lipinski definition) is 4. The van der Waals surface area contributed by atoms with Crippen molar-refractivity contribution >= 4 is 11.9 Å². The molecule has 6 nitrogen and oxygen atoms in total. The molecule has 1 aromatic heterocycles. The van der Waals surface area contributed by atoms with Gasteiger partial charge in [0.25, 0.3) is 0 Å². The second kappa shape index (κ2) is 8.06.